The van der Waals surface area contributed by atoms with Crippen LogP contribution in [0, 0.1) is 5.82 Å². The van der Waals surface area contributed by atoms with E-state index in [0.717, 1.165) is 62.9 Å². The Morgan fingerprint density at radius 3 is 2.52 bits per heavy atom. The topological polar surface area (TPSA) is 43.7 Å². The van der Waals surface area contributed by atoms with Crippen LogP contribution in [0.5, 0.6) is 11.5 Å². The summed E-state index contributed by atoms with van der Waals surface area (Å²) >= 11 is 0. The van der Waals surface area contributed by atoms with Gasteiger partial charge in [-0.15, -0.1) is 17.0 Å². The number of aromatic hydroxyl groups is 2. The lowest BCUT2D eigenvalue weighted by atomic mass is 9.81. The molecule has 1 unspecified atom stereocenters. The fourth-order valence-corrected chi connectivity index (χ4v) is 4.02. The summed E-state index contributed by atoms with van der Waals surface area (Å²) in [7, 11) is 0. The van der Waals surface area contributed by atoms with E-state index in [4.69, 9.17) is 0 Å². The highest BCUT2D eigenvalue weighted by atomic mass is 79.9. The zero-order chi connectivity index (χ0) is 18.5. The predicted octanol–water partition coefficient (Wildman–Crippen LogP) is 5.19. The van der Waals surface area contributed by atoms with E-state index in [-0.39, 0.29) is 34.3 Å². The van der Waals surface area contributed by atoms with Crippen molar-refractivity contribution in [2.75, 3.05) is 19.6 Å². The molecule has 5 heteroatoms. The van der Waals surface area contributed by atoms with Crippen LogP contribution in [0.2, 0.25) is 0 Å². The molecule has 2 aromatic rings. The Morgan fingerprint density at radius 1 is 1.07 bits per heavy atom. The summed E-state index contributed by atoms with van der Waals surface area (Å²) in [5, 5.41) is 19.9. The molecule has 148 valence electrons. The van der Waals surface area contributed by atoms with E-state index in [2.05, 4.69) is 11.8 Å². The van der Waals surface area contributed by atoms with Gasteiger partial charge in [-0.25, -0.2) is 4.39 Å². The number of hydrogen-bond donors (Lipinski definition) is 2. The first-order valence-corrected chi connectivity index (χ1v) is 9.59. The first-order chi connectivity index (χ1) is 12.6. The third kappa shape index (κ3) is 5.45. The summed E-state index contributed by atoms with van der Waals surface area (Å²) in [5.41, 5.74) is 3.24. The van der Waals surface area contributed by atoms with Gasteiger partial charge in [-0.05, 0) is 73.9 Å². The Balaban J connectivity index is 0.00000261. The summed E-state index contributed by atoms with van der Waals surface area (Å²) in [6.45, 7) is 5.10. The average molecular weight is 438 g/mol. The van der Waals surface area contributed by atoms with Crippen molar-refractivity contribution in [1.82, 2.24) is 4.90 Å². The Morgan fingerprint density at radius 2 is 1.81 bits per heavy atom. The normalized spacial score (nSPS) is 16.0. The van der Waals surface area contributed by atoms with Crippen molar-refractivity contribution in [2.24, 2.45) is 0 Å². The van der Waals surface area contributed by atoms with Gasteiger partial charge in [0.1, 0.15) is 5.82 Å². The van der Waals surface area contributed by atoms with Crippen LogP contribution in [-0.2, 0) is 12.8 Å². The van der Waals surface area contributed by atoms with E-state index in [0.29, 0.717) is 5.92 Å². The quantitative estimate of drug-likeness (QED) is 0.585. The molecule has 3 rings (SSSR count). The molecule has 0 heterocycles. The minimum absolute atomic E-state index is 0. The first-order valence-electron chi connectivity index (χ1n) is 9.59. The van der Waals surface area contributed by atoms with Crippen LogP contribution in [-0.4, -0.2) is 34.7 Å². The van der Waals surface area contributed by atoms with E-state index in [1.807, 2.05) is 18.2 Å². The molecule has 0 spiro atoms. The van der Waals surface area contributed by atoms with Crippen molar-refractivity contribution in [3.8, 4) is 11.5 Å². The Labute approximate surface area is 171 Å². The number of fused-ring (bicyclic) bond motifs is 1. The van der Waals surface area contributed by atoms with E-state index in [9.17, 15) is 14.6 Å². The second-order valence-electron chi connectivity index (χ2n) is 7.27. The molecule has 2 N–H and O–H groups in total. The molecule has 0 saturated carbocycles. The average Bonchev–Trinajstić information content (AvgIpc) is 2.64. The lowest BCUT2D eigenvalue weighted by Gasteiger charge is -2.32. The Kier molecular flexibility index (Phi) is 8.11. The van der Waals surface area contributed by atoms with Gasteiger partial charge in [0.25, 0.3) is 0 Å². The molecule has 1 aliphatic rings. The second kappa shape index (κ2) is 10.1. The standard InChI is InChI=1S/C22H28FNO2.BrH/c1-2-13-24(14-12-16-6-8-18(23)9-7-16)15-17-4-3-5-20-19(17)10-11-21(25)22(20)26;/h6-11,17,25-26H,2-5,12-15H2,1H3;1H. The molecule has 1 aliphatic carbocycles. The van der Waals surface area contributed by atoms with Gasteiger partial charge in [0, 0.05) is 18.7 Å². The summed E-state index contributed by atoms with van der Waals surface area (Å²) < 4.78 is 13.1. The highest BCUT2D eigenvalue weighted by Crippen LogP contribution is 2.40. The summed E-state index contributed by atoms with van der Waals surface area (Å²) in [5.74, 6) is 0.220. The van der Waals surface area contributed by atoms with Crippen molar-refractivity contribution < 1.29 is 14.6 Å². The van der Waals surface area contributed by atoms with Crippen LogP contribution < -0.4 is 0 Å². The van der Waals surface area contributed by atoms with Gasteiger partial charge in [0.2, 0.25) is 0 Å². The highest BCUT2D eigenvalue weighted by molar-refractivity contribution is 8.93. The lowest BCUT2D eigenvalue weighted by molar-refractivity contribution is 0.250. The second-order valence-corrected chi connectivity index (χ2v) is 7.27. The van der Waals surface area contributed by atoms with Gasteiger partial charge in [-0.1, -0.05) is 25.1 Å². The van der Waals surface area contributed by atoms with Crippen LogP contribution in [0.4, 0.5) is 4.39 Å². The molecule has 27 heavy (non-hydrogen) atoms. The monoisotopic (exact) mass is 437 g/mol. The van der Waals surface area contributed by atoms with Crippen molar-refractivity contribution in [3.63, 3.8) is 0 Å². The molecule has 0 fully saturated rings. The molecule has 0 radical (unpaired) electrons. The van der Waals surface area contributed by atoms with Gasteiger partial charge in [-0.3, -0.25) is 0 Å². The van der Waals surface area contributed by atoms with Gasteiger partial charge < -0.3 is 15.1 Å². The van der Waals surface area contributed by atoms with E-state index in [1.165, 1.54) is 17.7 Å². The summed E-state index contributed by atoms with van der Waals surface area (Å²) in [6, 6.07) is 10.3. The highest BCUT2D eigenvalue weighted by Gasteiger charge is 2.25. The van der Waals surface area contributed by atoms with E-state index in [1.54, 1.807) is 6.07 Å². The van der Waals surface area contributed by atoms with Crippen LogP contribution >= 0.6 is 17.0 Å². The van der Waals surface area contributed by atoms with E-state index < -0.39 is 0 Å². The Bertz CT molecular complexity index is 736. The fraction of sp³-hybridized carbons (Fsp3) is 0.455. The van der Waals surface area contributed by atoms with Crippen LogP contribution in [0.25, 0.3) is 0 Å². The molecule has 0 bridgehead atoms. The van der Waals surface area contributed by atoms with Crippen LogP contribution in [0.3, 0.4) is 0 Å². The van der Waals surface area contributed by atoms with Crippen LogP contribution in [0.1, 0.15) is 48.8 Å². The molecule has 2 aromatic carbocycles. The molecular weight excluding hydrogens is 409 g/mol. The fourth-order valence-electron chi connectivity index (χ4n) is 4.02. The molecular formula is C22H29BrFNO2. The van der Waals surface area contributed by atoms with Crippen molar-refractivity contribution in [2.45, 2.75) is 44.9 Å². The summed E-state index contributed by atoms with van der Waals surface area (Å²) in [4.78, 5) is 2.47. The van der Waals surface area contributed by atoms with Crippen molar-refractivity contribution >= 4 is 17.0 Å². The maximum Gasteiger partial charge on any atom is 0.160 e. The van der Waals surface area contributed by atoms with Crippen molar-refractivity contribution in [1.29, 1.82) is 0 Å². The zero-order valence-corrected chi connectivity index (χ0v) is 17.5. The maximum absolute atomic E-state index is 13.1. The van der Waals surface area contributed by atoms with Gasteiger partial charge >= 0.3 is 0 Å². The number of hydrogen-bond acceptors (Lipinski definition) is 3. The smallest absolute Gasteiger partial charge is 0.160 e. The minimum atomic E-state index is -0.193. The number of phenolic OH excluding ortho intramolecular Hbond substituents is 2. The number of phenols is 2. The minimum Gasteiger partial charge on any atom is -0.504 e. The third-order valence-electron chi connectivity index (χ3n) is 5.37. The number of nitrogens with zero attached hydrogens (tertiary/aromatic N) is 1. The maximum atomic E-state index is 13.1. The third-order valence-corrected chi connectivity index (χ3v) is 5.37. The molecule has 0 aromatic heterocycles. The molecule has 0 saturated heterocycles. The molecule has 1 atom stereocenters. The number of rotatable bonds is 7. The predicted molar refractivity (Wildman–Crippen MR) is 113 cm³/mol. The Hall–Kier alpha value is -1.59. The largest absolute Gasteiger partial charge is 0.504 e. The zero-order valence-electron chi connectivity index (χ0n) is 15.8. The SMILES string of the molecule is Br.CCCN(CCc1ccc(F)cc1)CC1CCCc2c1ccc(O)c2O. The molecule has 0 amide bonds. The van der Waals surface area contributed by atoms with Crippen LogP contribution in [0.15, 0.2) is 36.4 Å². The lowest BCUT2D eigenvalue weighted by Crippen LogP contribution is -2.32. The van der Waals surface area contributed by atoms with Gasteiger partial charge in [0.05, 0.1) is 0 Å². The van der Waals surface area contributed by atoms with E-state index >= 15 is 0 Å². The number of benzene rings is 2. The van der Waals surface area contributed by atoms with Gasteiger partial charge in [-0.2, -0.15) is 0 Å². The summed E-state index contributed by atoms with van der Waals surface area (Å²) in [6.07, 6.45) is 4.96. The van der Waals surface area contributed by atoms with Gasteiger partial charge in [0.15, 0.2) is 11.5 Å². The molecule has 0 aliphatic heterocycles. The molecule has 3 nitrogen and oxygen atoms in total. The first kappa shape index (κ1) is 21.7. The number of halogens is 2. The van der Waals surface area contributed by atoms with Crippen molar-refractivity contribution in [3.05, 3.63) is 58.9 Å².